The third kappa shape index (κ3) is 6.89. The van der Waals surface area contributed by atoms with E-state index in [-0.39, 0.29) is 40.4 Å². The number of benzene rings is 2. The Morgan fingerprint density at radius 3 is 2.46 bits per heavy atom. The number of hydrogen-bond acceptors (Lipinski definition) is 5. The van der Waals surface area contributed by atoms with Gasteiger partial charge >= 0.3 is 0 Å². The molecule has 12 heteroatoms. The number of carbonyl (C=O) groups is 2. The summed E-state index contributed by atoms with van der Waals surface area (Å²) in [4.78, 5) is 33.9. The van der Waals surface area contributed by atoms with Gasteiger partial charge in [-0.05, 0) is 49.2 Å². The van der Waals surface area contributed by atoms with Crippen molar-refractivity contribution >= 4 is 55.9 Å². The van der Waals surface area contributed by atoms with E-state index in [2.05, 4.69) is 19.9 Å². The second-order valence-electron chi connectivity index (χ2n) is 11.4. The zero-order valence-corrected chi connectivity index (χ0v) is 26.2. The van der Waals surface area contributed by atoms with Gasteiger partial charge in [-0.2, -0.15) is 0 Å². The van der Waals surface area contributed by atoms with Crippen LogP contribution in [-0.2, 0) is 14.8 Å². The van der Waals surface area contributed by atoms with Crippen LogP contribution in [0.4, 0.5) is 0 Å². The molecule has 1 saturated heterocycles. The van der Waals surface area contributed by atoms with Gasteiger partial charge in [0, 0.05) is 47.6 Å². The van der Waals surface area contributed by atoms with Gasteiger partial charge in [0.15, 0.2) is 0 Å². The Morgan fingerprint density at radius 2 is 1.85 bits per heavy atom. The van der Waals surface area contributed by atoms with Crippen LogP contribution in [0.5, 0.6) is 0 Å². The molecule has 3 N–H and O–H groups in total. The minimum Gasteiger partial charge on any atom is -0.351 e. The zero-order chi connectivity index (χ0) is 30.1. The highest BCUT2D eigenvalue weighted by Crippen LogP contribution is 2.29. The third-order valence-corrected chi connectivity index (χ3v) is 9.81. The smallest absolute Gasteiger partial charge is 0.268 e. The predicted molar refractivity (Wildman–Crippen MR) is 163 cm³/mol. The lowest BCUT2D eigenvalue weighted by Crippen LogP contribution is -2.70. The summed E-state index contributed by atoms with van der Waals surface area (Å²) >= 11 is 12.0. The Kier molecular flexibility index (Phi) is 9.40. The number of nitrogens with one attached hydrogen (secondary N) is 3. The van der Waals surface area contributed by atoms with Crippen LogP contribution in [0.25, 0.3) is 10.9 Å². The van der Waals surface area contributed by atoms with Gasteiger partial charge in [0.1, 0.15) is 16.6 Å². The first kappa shape index (κ1) is 31.3. The number of halogens is 2. The van der Waals surface area contributed by atoms with E-state index in [1.54, 1.807) is 11.0 Å². The minimum absolute atomic E-state index is 0.0249. The molecule has 0 bridgehead atoms. The van der Waals surface area contributed by atoms with Crippen molar-refractivity contribution in [2.45, 2.75) is 57.6 Å². The van der Waals surface area contributed by atoms with Gasteiger partial charge in [0.2, 0.25) is 15.9 Å². The summed E-state index contributed by atoms with van der Waals surface area (Å²) in [6.07, 6.45) is 0. The summed E-state index contributed by atoms with van der Waals surface area (Å²) in [5.41, 5.74) is 0.742. The van der Waals surface area contributed by atoms with E-state index >= 15 is 0 Å². The molecule has 222 valence electrons. The first-order valence-electron chi connectivity index (χ1n) is 13.6. The van der Waals surface area contributed by atoms with Crippen molar-refractivity contribution in [3.63, 3.8) is 0 Å². The van der Waals surface area contributed by atoms with Crippen LogP contribution in [-0.4, -0.2) is 79.3 Å². The van der Waals surface area contributed by atoms with Crippen molar-refractivity contribution in [3.8, 4) is 0 Å². The molecular formula is C29H37Cl2N5O4S. The fourth-order valence-electron chi connectivity index (χ4n) is 5.17. The molecular weight excluding hydrogens is 585 g/mol. The highest BCUT2D eigenvalue weighted by Gasteiger charge is 2.46. The molecule has 0 spiro atoms. The number of para-hydroxylation sites is 1. The van der Waals surface area contributed by atoms with E-state index in [1.807, 2.05) is 58.9 Å². The molecule has 1 fully saturated rings. The molecule has 3 atom stereocenters. The highest BCUT2D eigenvalue weighted by atomic mass is 35.5. The van der Waals surface area contributed by atoms with E-state index in [1.165, 1.54) is 18.2 Å². The zero-order valence-electron chi connectivity index (χ0n) is 23.9. The van der Waals surface area contributed by atoms with Gasteiger partial charge in [-0.15, -0.1) is 0 Å². The summed E-state index contributed by atoms with van der Waals surface area (Å²) in [5.74, 6) is -0.470. The number of amides is 2. The van der Waals surface area contributed by atoms with Crippen molar-refractivity contribution in [1.29, 1.82) is 0 Å². The Hall–Kier alpha value is -2.63. The summed E-state index contributed by atoms with van der Waals surface area (Å²) in [6, 6.07) is 12.9. The molecule has 1 aliphatic heterocycles. The fraction of sp³-hybridized carbons (Fsp3) is 0.448. The molecule has 0 radical (unpaired) electrons. The second-order valence-corrected chi connectivity index (χ2v) is 14.0. The van der Waals surface area contributed by atoms with E-state index < -0.39 is 21.5 Å². The number of carbonyl (C=O) groups excluding carboxylic acids is 2. The summed E-state index contributed by atoms with van der Waals surface area (Å²) < 4.78 is 28.1. The van der Waals surface area contributed by atoms with Crippen molar-refractivity contribution < 1.29 is 18.0 Å². The Morgan fingerprint density at radius 1 is 1.15 bits per heavy atom. The van der Waals surface area contributed by atoms with E-state index in [0.29, 0.717) is 30.4 Å². The van der Waals surface area contributed by atoms with Crippen molar-refractivity contribution in [2.75, 3.05) is 26.2 Å². The number of sulfonamides is 1. The summed E-state index contributed by atoms with van der Waals surface area (Å²) in [5, 5.41) is 4.31. The van der Waals surface area contributed by atoms with E-state index in [0.717, 1.165) is 10.9 Å². The molecule has 1 unspecified atom stereocenters. The molecule has 2 heterocycles. The normalized spacial score (nSPS) is 18.4. The number of aromatic amines is 1. The lowest BCUT2D eigenvalue weighted by Gasteiger charge is -2.52. The molecule has 3 aromatic rings. The number of aromatic nitrogens is 1. The monoisotopic (exact) mass is 621 g/mol. The SMILES string of the molecule is CCN(CCNS(=O)(=O)c1ccc(Cl)cc1Cl)[C@@H]1CN(C(=O)[C@@H](NC(=O)c2cc3ccccc3[nH]2)C(C)(C)C)C1C. The number of hydrogen-bond donors (Lipinski definition) is 3. The quantitative estimate of drug-likeness (QED) is 0.308. The average Bonchev–Trinajstić information content (AvgIpc) is 3.33. The average molecular weight is 623 g/mol. The van der Waals surface area contributed by atoms with Gasteiger partial charge in [-0.1, -0.05) is 69.1 Å². The largest absolute Gasteiger partial charge is 0.351 e. The number of H-pyrrole nitrogens is 1. The van der Waals surface area contributed by atoms with Crippen LogP contribution in [0.15, 0.2) is 53.4 Å². The maximum Gasteiger partial charge on any atom is 0.268 e. The summed E-state index contributed by atoms with van der Waals surface area (Å²) in [7, 11) is -3.81. The van der Waals surface area contributed by atoms with Gasteiger partial charge in [0.05, 0.1) is 5.02 Å². The maximum absolute atomic E-state index is 13.7. The molecule has 2 amide bonds. The Labute approximate surface area is 251 Å². The van der Waals surface area contributed by atoms with Gasteiger partial charge < -0.3 is 15.2 Å². The van der Waals surface area contributed by atoms with E-state index in [9.17, 15) is 18.0 Å². The van der Waals surface area contributed by atoms with Crippen molar-refractivity contribution in [1.82, 2.24) is 24.8 Å². The van der Waals surface area contributed by atoms with Gasteiger partial charge in [-0.25, -0.2) is 13.1 Å². The third-order valence-electron chi connectivity index (χ3n) is 7.63. The highest BCUT2D eigenvalue weighted by molar-refractivity contribution is 7.89. The van der Waals surface area contributed by atoms with Gasteiger partial charge in [-0.3, -0.25) is 14.5 Å². The number of likely N-dealkylation sites (tertiary alicyclic amines) is 1. The maximum atomic E-state index is 13.7. The van der Waals surface area contributed by atoms with Crippen LogP contribution in [0.1, 0.15) is 45.1 Å². The lowest BCUT2D eigenvalue weighted by atomic mass is 9.83. The summed E-state index contributed by atoms with van der Waals surface area (Å²) in [6.45, 7) is 11.6. The van der Waals surface area contributed by atoms with Crippen LogP contribution in [0.2, 0.25) is 10.0 Å². The molecule has 1 aliphatic rings. The molecule has 2 aromatic carbocycles. The second kappa shape index (κ2) is 12.3. The first-order valence-corrected chi connectivity index (χ1v) is 15.8. The molecule has 0 aliphatic carbocycles. The van der Waals surface area contributed by atoms with Crippen molar-refractivity contribution in [3.05, 3.63) is 64.3 Å². The number of nitrogens with zero attached hydrogens (tertiary/aromatic N) is 2. The number of likely N-dealkylation sites (N-methyl/N-ethyl adjacent to an activating group) is 1. The molecule has 0 saturated carbocycles. The van der Waals surface area contributed by atoms with E-state index in [4.69, 9.17) is 23.2 Å². The van der Waals surface area contributed by atoms with Crippen LogP contribution >= 0.6 is 23.2 Å². The van der Waals surface area contributed by atoms with Gasteiger partial charge in [0.25, 0.3) is 5.91 Å². The minimum atomic E-state index is -3.81. The lowest BCUT2D eigenvalue weighted by molar-refractivity contribution is -0.149. The van der Waals surface area contributed by atoms with Crippen LogP contribution < -0.4 is 10.0 Å². The van der Waals surface area contributed by atoms with Crippen LogP contribution in [0.3, 0.4) is 0 Å². The molecule has 1 aromatic heterocycles. The Bertz CT molecular complexity index is 1500. The Balaban J connectivity index is 1.37. The standard InChI is InChI=1S/C29H37Cl2N5O4S/c1-6-35(14-13-32-41(39,40)25-12-11-20(30)16-21(25)31)24-17-36(18(24)2)28(38)26(29(3,4)5)34-27(37)23-15-19-9-7-8-10-22(19)33-23/h7-12,15-16,18,24,26,32-33H,6,13-14,17H2,1-5H3,(H,34,37)/t18?,24-,26-/m1/s1. The predicted octanol–water partition coefficient (Wildman–Crippen LogP) is 4.52. The number of rotatable bonds is 10. The molecule has 4 rings (SSSR count). The topological polar surface area (TPSA) is 115 Å². The molecule has 41 heavy (non-hydrogen) atoms. The molecule has 9 nitrogen and oxygen atoms in total. The first-order chi connectivity index (χ1) is 19.2. The van der Waals surface area contributed by atoms with Crippen LogP contribution in [0, 0.1) is 5.41 Å². The fourth-order valence-corrected chi connectivity index (χ4v) is 6.96. The van der Waals surface area contributed by atoms with Crippen molar-refractivity contribution in [2.24, 2.45) is 5.41 Å². The number of fused-ring (bicyclic) bond motifs is 1.